The van der Waals surface area contributed by atoms with Crippen molar-refractivity contribution in [3.8, 4) is 5.75 Å². The number of nitrogens with zero attached hydrogens (tertiary/aromatic N) is 1. The molecule has 7 heteroatoms. The highest BCUT2D eigenvalue weighted by atomic mass is 16.7. The number of carboxylic acid groups (broad SMARTS) is 1. The van der Waals surface area contributed by atoms with Gasteiger partial charge < -0.3 is 19.4 Å². The Bertz CT molecular complexity index is 526. The summed E-state index contributed by atoms with van der Waals surface area (Å²) in [5.74, 6) is -1.65. The van der Waals surface area contributed by atoms with Crippen LogP contribution < -0.4 is 9.84 Å². The second kappa shape index (κ2) is 7.03. The van der Waals surface area contributed by atoms with E-state index in [1.165, 1.54) is 0 Å². The van der Waals surface area contributed by atoms with Crippen LogP contribution in [0.15, 0.2) is 18.2 Å². The molecule has 0 aliphatic carbocycles. The third-order valence-electron chi connectivity index (χ3n) is 2.59. The third-order valence-corrected chi connectivity index (χ3v) is 2.59. The second-order valence-electron chi connectivity index (χ2n) is 5.14. The summed E-state index contributed by atoms with van der Waals surface area (Å²) in [6.45, 7) is 7.29. The first-order valence-electron chi connectivity index (χ1n) is 6.54. The molecule has 0 saturated carbocycles. The minimum atomic E-state index is -1.43. The molecule has 0 N–H and O–H groups in total. The lowest BCUT2D eigenvalue weighted by Crippen LogP contribution is -2.30. The lowest BCUT2D eigenvalue weighted by molar-refractivity contribution is -0.386. The average Bonchev–Trinajstić information content (AvgIpc) is 2.36. The molecule has 0 bridgehead atoms. The zero-order valence-electron chi connectivity index (χ0n) is 12.4. The summed E-state index contributed by atoms with van der Waals surface area (Å²) in [4.78, 5) is 21.2. The summed E-state index contributed by atoms with van der Waals surface area (Å²) in [5.41, 5.74) is -0.513. The molecule has 0 amide bonds. The molecule has 1 aromatic rings. The van der Waals surface area contributed by atoms with Crippen LogP contribution in [0.4, 0.5) is 5.69 Å². The molecule has 0 fully saturated rings. The average molecular weight is 296 g/mol. The van der Waals surface area contributed by atoms with Crippen LogP contribution in [-0.2, 0) is 4.74 Å². The van der Waals surface area contributed by atoms with Gasteiger partial charge in [-0.05, 0) is 26.0 Å². The van der Waals surface area contributed by atoms with Crippen molar-refractivity contribution in [2.24, 2.45) is 5.92 Å². The quantitative estimate of drug-likeness (QED) is 0.431. The number of benzene rings is 1. The molecule has 0 aliphatic rings. The zero-order valence-corrected chi connectivity index (χ0v) is 12.4. The van der Waals surface area contributed by atoms with Gasteiger partial charge in [0.05, 0.1) is 17.0 Å². The lowest BCUT2D eigenvalue weighted by Gasteiger charge is -2.24. The number of carboxylic acids is 1. The first kappa shape index (κ1) is 16.9. The molecule has 1 aromatic carbocycles. The van der Waals surface area contributed by atoms with Gasteiger partial charge in [0.1, 0.15) is 0 Å². The Morgan fingerprint density at radius 1 is 1.24 bits per heavy atom. The number of hydrogen-bond donors (Lipinski definition) is 0. The van der Waals surface area contributed by atoms with Crippen LogP contribution >= 0.6 is 0 Å². The molecule has 0 radical (unpaired) electrons. The molecule has 1 unspecified atom stereocenters. The monoisotopic (exact) mass is 296 g/mol. The first-order chi connectivity index (χ1) is 9.72. The number of nitro benzene ring substituents is 1. The van der Waals surface area contributed by atoms with E-state index in [0.29, 0.717) is 0 Å². The highest BCUT2D eigenvalue weighted by molar-refractivity contribution is 5.87. The van der Waals surface area contributed by atoms with E-state index in [0.717, 1.165) is 18.2 Å². The summed E-state index contributed by atoms with van der Waals surface area (Å²) in [7, 11) is 0. The van der Waals surface area contributed by atoms with Crippen LogP contribution in [0, 0.1) is 16.0 Å². The van der Waals surface area contributed by atoms with E-state index in [1.54, 1.807) is 0 Å². The van der Waals surface area contributed by atoms with E-state index in [9.17, 15) is 20.0 Å². The third kappa shape index (κ3) is 4.71. The molecule has 0 spiro atoms. The van der Waals surface area contributed by atoms with Gasteiger partial charge in [-0.15, -0.1) is 0 Å². The van der Waals surface area contributed by atoms with Crippen LogP contribution in [-0.4, -0.2) is 23.3 Å². The van der Waals surface area contributed by atoms with E-state index in [-0.39, 0.29) is 29.0 Å². The fourth-order valence-corrected chi connectivity index (χ4v) is 1.60. The number of rotatable bonds is 7. The van der Waals surface area contributed by atoms with Crippen LogP contribution in [0.2, 0.25) is 0 Å². The number of carbonyl (C=O) groups excluding carboxylic acids is 1. The topological polar surface area (TPSA) is 102 Å². The van der Waals surface area contributed by atoms with Crippen molar-refractivity contribution in [3.05, 3.63) is 33.9 Å². The molecule has 1 atom stereocenters. The number of nitro groups is 1. The number of ether oxygens (including phenoxy) is 2. The summed E-state index contributed by atoms with van der Waals surface area (Å²) in [6.07, 6.45) is -0.860. The molecule has 7 nitrogen and oxygen atoms in total. The predicted molar refractivity (Wildman–Crippen MR) is 72.9 cm³/mol. The van der Waals surface area contributed by atoms with Crippen molar-refractivity contribution in [2.75, 3.05) is 0 Å². The molecule has 116 valence electrons. The number of carbonyl (C=O) groups is 1. The van der Waals surface area contributed by atoms with E-state index in [1.807, 2.05) is 27.7 Å². The van der Waals surface area contributed by atoms with Crippen molar-refractivity contribution in [3.63, 3.8) is 0 Å². The predicted octanol–water partition coefficient (Wildman–Crippen LogP) is 1.74. The van der Waals surface area contributed by atoms with Crippen LogP contribution in [0.25, 0.3) is 0 Å². The zero-order chi connectivity index (χ0) is 16.2. The van der Waals surface area contributed by atoms with Crippen LogP contribution in [0.1, 0.15) is 38.1 Å². The molecule has 0 heterocycles. The molecular formula is C14H18NO6-. The minimum absolute atomic E-state index is 0.0707. The Hall–Kier alpha value is -2.15. The Balaban J connectivity index is 3.15. The summed E-state index contributed by atoms with van der Waals surface area (Å²) >= 11 is 0. The summed E-state index contributed by atoms with van der Waals surface area (Å²) < 4.78 is 11.1. The van der Waals surface area contributed by atoms with Gasteiger partial charge in [-0.25, -0.2) is 0 Å². The smallest absolute Gasteiger partial charge is 0.311 e. The Labute approximate surface area is 122 Å². The van der Waals surface area contributed by atoms with Crippen molar-refractivity contribution in [1.29, 1.82) is 0 Å². The van der Waals surface area contributed by atoms with Crippen molar-refractivity contribution in [1.82, 2.24) is 0 Å². The fourth-order valence-electron chi connectivity index (χ4n) is 1.60. The summed E-state index contributed by atoms with van der Waals surface area (Å²) in [5, 5.41) is 21.9. The molecule has 0 saturated heterocycles. The van der Waals surface area contributed by atoms with Gasteiger partial charge in [0.2, 0.25) is 12.0 Å². The van der Waals surface area contributed by atoms with Gasteiger partial charge in [-0.3, -0.25) is 10.1 Å². The van der Waals surface area contributed by atoms with Crippen molar-refractivity contribution >= 4 is 11.7 Å². The van der Waals surface area contributed by atoms with Gasteiger partial charge in [0, 0.05) is 17.5 Å². The van der Waals surface area contributed by atoms with Crippen molar-refractivity contribution < 1.29 is 24.3 Å². The number of hydrogen-bond acceptors (Lipinski definition) is 6. The maximum Gasteiger partial charge on any atom is 0.311 e. The standard InChI is InChI=1S/C14H19NO6/c1-8(2)14(20-9(3)4)21-12-7-10(13(16)17)5-6-11(12)15(18)19/h5-9,14H,1-4H3,(H,16,17)/p-1. The number of aromatic carboxylic acids is 1. The Kier molecular flexibility index (Phi) is 5.66. The van der Waals surface area contributed by atoms with E-state index < -0.39 is 17.2 Å². The van der Waals surface area contributed by atoms with Crippen LogP contribution in [0.5, 0.6) is 5.75 Å². The van der Waals surface area contributed by atoms with Gasteiger partial charge in [0.15, 0.2) is 0 Å². The normalized spacial score (nSPS) is 12.5. The maximum atomic E-state index is 11.0. The van der Waals surface area contributed by atoms with Gasteiger partial charge in [-0.2, -0.15) is 0 Å². The summed E-state index contributed by atoms with van der Waals surface area (Å²) in [6, 6.07) is 3.26. The molecule has 0 aliphatic heterocycles. The van der Waals surface area contributed by atoms with Gasteiger partial charge >= 0.3 is 5.69 Å². The Morgan fingerprint density at radius 2 is 1.86 bits per heavy atom. The molecule has 0 aromatic heterocycles. The minimum Gasteiger partial charge on any atom is -0.545 e. The largest absolute Gasteiger partial charge is 0.545 e. The second-order valence-corrected chi connectivity index (χ2v) is 5.14. The van der Waals surface area contributed by atoms with E-state index in [4.69, 9.17) is 9.47 Å². The van der Waals surface area contributed by atoms with Gasteiger partial charge in [0.25, 0.3) is 0 Å². The maximum absolute atomic E-state index is 11.0. The van der Waals surface area contributed by atoms with Gasteiger partial charge in [-0.1, -0.05) is 13.8 Å². The highest BCUT2D eigenvalue weighted by Crippen LogP contribution is 2.30. The van der Waals surface area contributed by atoms with Crippen molar-refractivity contribution in [2.45, 2.75) is 40.1 Å². The Morgan fingerprint density at radius 3 is 2.29 bits per heavy atom. The fraction of sp³-hybridized carbons (Fsp3) is 0.500. The molecule has 1 rings (SSSR count). The van der Waals surface area contributed by atoms with E-state index in [2.05, 4.69) is 0 Å². The first-order valence-corrected chi connectivity index (χ1v) is 6.54. The van der Waals surface area contributed by atoms with E-state index >= 15 is 0 Å². The highest BCUT2D eigenvalue weighted by Gasteiger charge is 2.23. The SMILES string of the molecule is CC(C)OC(Oc1cc(C(=O)[O-])ccc1[N+](=O)[O-])C(C)C. The molecule has 21 heavy (non-hydrogen) atoms. The molecular weight excluding hydrogens is 278 g/mol. The van der Waals surface area contributed by atoms with Crippen LogP contribution in [0.3, 0.4) is 0 Å². The lowest BCUT2D eigenvalue weighted by atomic mass is 10.1.